The van der Waals surface area contributed by atoms with E-state index in [1.165, 1.54) is 6.07 Å². The van der Waals surface area contributed by atoms with E-state index in [2.05, 4.69) is 27.3 Å². The number of anilines is 1. The molecule has 0 saturated heterocycles. The normalized spacial score (nSPS) is 11.3. The fraction of sp³-hybridized carbons (Fsp3) is 0. The molecule has 0 fully saturated rings. The maximum atomic E-state index is 13.6. The summed E-state index contributed by atoms with van der Waals surface area (Å²) in [5.41, 5.74) is 0.370. The van der Waals surface area contributed by atoms with Crippen molar-refractivity contribution in [3.63, 3.8) is 0 Å². The van der Waals surface area contributed by atoms with E-state index in [-0.39, 0.29) is 5.02 Å². The van der Waals surface area contributed by atoms with Gasteiger partial charge in [0, 0.05) is 14.3 Å². The smallest absolute Gasteiger partial charge is 0.264 e. The molecule has 0 heterocycles. The van der Waals surface area contributed by atoms with Crippen molar-refractivity contribution in [2.75, 3.05) is 4.72 Å². The van der Waals surface area contributed by atoms with Crippen LogP contribution in [0.5, 0.6) is 0 Å². The molecule has 2 rings (SSSR count). The third-order valence-electron chi connectivity index (χ3n) is 2.28. The molecule has 0 unspecified atom stereocenters. The van der Waals surface area contributed by atoms with Crippen molar-refractivity contribution in [1.82, 2.24) is 0 Å². The van der Waals surface area contributed by atoms with Crippen LogP contribution in [0.25, 0.3) is 0 Å². The van der Waals surface area contributed by atoms with Gasteiger partial charge in [0.2, 0.25) is 0 Å². The highest BCUT2D eigenvalue weighted by Crippen LogP contribution is 2.22. The van der Waals surface area contributed by atoms with Gasteiger partial charge in [0.25, 0.3) is 10.0 Å². The Morgan fingerprint density at radius 2 is 1.74 bits per heavy atom. The molecule has 0 atom stereocenters. The number of nitrogens with one attached hydrogen (secondary N) is 1. The lowest BCUT2D eigenvalue weighted by molar-refractivity contribution is 0.570. The zero-order valence-corrected chi connectivity index (χ0v) is 13.1. The van der Waals surface area contributed by atoms with E-state index < -0.39 is 20.7 Å². The highest BCUT2D eigenvalue weighted by molar-refractivity contribution is 14.1. The molecule has 0 aliphatic rings. The molecule has 2 aromatic carbocycles. The average molecular weight is 412 g/mol. The van der Waals surface area contributed by atoms with Gasteiger partial charge in [0.15, 0.2) is 0 Å². The summed E-state index contributed by atoms with van der Waals surface area (Å²) in [6.07, 6.45) is 0. The van der Waals surface area contributed by atoms with Crippen molar-refractivity contribution >= 4 is 49.9 Å². The molecular weight excluding hydrogens is 404 g/mol. The molecular formula is C12H8ClFINO2S. The molecule has 0 aliphatic heterocycles. The van der Waals surface area contributed by atoms with E-state index in [9.17, 15) is 12.8 Å². The van der Waals surface area contributed by atoms with E-state index >= 15 is 0 Å². The van der Waals surface area contributed by atoms with Crippen LogP contribution < -0.4 is 4.72 Å². The van der Waals surface area contributed by atoms with Crippen LogP contribution in [0.2, 0.25) is 5.02 Å². The SMILES string of the molecule is O=S(=O)(Nc1ccc(I)cc1)c1ccc(Cl)cc1F. The van der Waals surface area contributed by atoms with Crippen LogP contribution in [0, 0.1) is 9.39 Å². The highest BCUT2D eigenvalue weighted by Gasteiger charge is 2.19. The van der Waals surface area contributed by atoms with Crippen LogP contribution in [0.3, 0.4) is 0 Å². The van der Waals surface area contributed by atoms with Crippen molar-refractivity contribution in [2.45, 2.75) is 4.90 Å². The number of rotatable bonds is 3. The number of sulfonamides is 1. The van der Waals surface area contributed by atoms with Crippen LogP contribution in [0.15, 0.2) is 47.4 Å². The summed E-state index contributed by atoms with van der Waals surface area (Å²) in [6.45, 7) is 0. The topological polar surface area (TPSA) is 46.2 Å². The van der Waals surface area contributed by atoms with Crippen molar-refractivity contribution in [2.24, 2.45) is 0 Å². The van der Waals surface area contributed by atoms with Crippen LogP contribution >= 0.6 is 34.2 Å². The van der Waals surface area contributed by atoms with E-state index in [1.54, 1.807) is 24.3 Å². The monoisotopic (exact) mass is 411 g/mol. The fourth-order valence-electron chi connectivity index (χ4n) is 1.42. The Morgan fingerprint density at radius 1 is 1.11 bits per heavy atom. The fourth-order valence-corrected chi connectivity index (χ4v) is 3.06. The largest absolute Gasteiger partial charge is 0.280 e. The summed E-state index contributed by atoms with van der Waals surface area (Å²) in [4.78, 5) is -0.435. The van der Waals surface area contributed by atoms with Gasteiger partial charge in [-0.1, -0.05) is 11.6 Å². The van der Waals surface area contributed by atoms with Crippen molar-refractivity contribution in [3.8, 4) is 0 Å². The summed E-state index contributed by atoms with van der Waals surface area (Å²) < 4.78 is 40.9. The lowest BCUT2D eigenvalue weighted by atomic mass is 10.3. The second kappa shape index (κ2) is 5.64. The third kappa shape index (κ3) is 3.58. The quantitative estimate of drug-likeness (QED) is 0.779. The van der Waals surface area contributed by atoms with Gasteiger partial charge in [-0.05, 0) is 65.1 Å². The Morgan fingerprint density at radius 3 is 2.32 bits per heavy atom. The van der Waals surface area contributed by atoms with Crippen LogP contribution in [-0.2, 0) is 10.0 Å². The molecule has 7 heteroatoms. The molecule has 0 spiro atoms. The number of benzene rings is 2. The summed E-state index contributed by atoms with van der Waals surface area (Å²) >= 11 is 7.69. The molecule has 0 amide bonds. The summed E-state index contributed by atoms with van der Waals surface area (Å²) in [6, 6.07) is 10.1. The summed E-state index contributed by atoms with van der Waals surface area (Å²) in [5.74, 6) is -0.884. The van der Waals surface area contributed by atoms with Gasteiger partial charge in [0.1, 0.15) is 10.7 Å². The standard InChI is InChI=1S/C12H8ClFINO2S/c13-8-1-6-12(11(14)7-8)19(17,18)16-10-4-2-9(15)3-5-10/h1-7,16H. The first-order valence-electron chi connectivity index (χ1n) is 5.12. The van der Waals surface area contributed by atoms with Gasteiger partial charge in [-0.15, -0.1) is 0 Å². The molecule has 100 valence electrons. The number of halogens is 3. The summed E-state index contributed by atoms with van der Waals surface area (Å²) in [5, 5.41) is 0.144. The van der Waals surface area contributed by atoms with Crippen LogP contribution in [0.4, 0.5) is 10.1 Å². The maximum absolute atomic E-state index is 13.6. The lowest BCUT2D eigenvalue weighted by Crippen LogP contribution is -2.14. The minimum Gasteiger partial charge on any atom is -0.280 e. The zero-order chi connectivity index (χ0) is 14.0. The Labute approximate surface area is 129 Å². The van der Waals surface area contributed by atoms with Crippen molar-refractivity contribution in [1.29, 1.82) is 0 Å². The number of hydrogen-bond acceptors (Lipinski definition) is 2. The van der Waals surface area contributed by atoms with Crippen molar-refractivity contribution in [3.05, 3.63) is 56.9 Å². The lowest BCUT2D eigenvalue weighted by Gasteiger charge is -2.09. The van der Waals surface area contributed by atoms with Gasteiger partial charge in [-0.25, -0.2) is 12.8 Å². The molecule has 0 radical (unpaired) electrons. The van der Waals surface area contributed by atoms with Crippen molar-refractivity contribution < 1.29 is 12.8 Å². The third-order valence-corrected chi connectivity index (χ3v) is 4.65. The van der Waals surface area contributed by atoms with Gasteiger partial charge in [-0.3, -0.25) is 4.72 Å². The molecule has 0 saturated carbocycles. The Bertz CT molecular complexity index is 704. The average Bonchev–Trinajstić information content (AvgIpc) is 2.31. The summed E-state index contributed by atoms with van der Waals surface area (Å²) in [7, 11) is -3.96. The molecule has 3 nitrogen and oxygen atoms in total. The Hall–Kier alpha value is -0.860. The molecule has 0 aliphatic carbocycles. The number of hydrogen-bond donors (Lipinski definition) is 1. The van der Waals surface area contributed by atoms with E-state index in [4.69, 9.17) is 11.6 Å². The van der Waals surface area contributed by atoms with Crippen LogP contribution in [-0.4, -0.2) is 8.42 Å². The van der Waals surface area contributed by atoms with Gasteiger partial charge in [0.05, 0.1) is 0 Å². The minimum absolute atomic E-state index is 0.144. The second-order valence-electron chi connectivity index (χ2n) is 3.69. The first-order chi connectivity index (χ1) is 8.88. The van der Waals surface area contributed by atoms with Gasteiger partial charge >= 0.3 is 0 Å². The minimum atomic E-state index is -3.96. The second-order valence-corrected chi connectivity index (χ2v) is 7.02. The Kier molecular flexibility index (Phi) is 4.32. The van der Waals surface area contributed by atoms with E-state index in [1.807, 2.05) is 0 Å². The molecule has 0 bridgehead atoms. The zero-order valence-electron chi connectivity index (χ0n) is 9.40. The Balaban J connectivity index is 2.35. The molecule has 1 N–H and O–H groups in total. The molecule has 0 aromatic heterocycles. The maximum Gasteiger partial charge on any atom is 0.264 e. The predicted molar refractivity (Wildman–Crippen MR) is 81.4 cm³/mol. The molecule has 2 aromatic rings. The first-order valence-corrected chi connectivity index (χ1v) is 8.06. The predicted octanol–water partition coefficient (Wildman–Crippen LogP) is 3.88. The van der Waals surface area contributed by atoms with Crippen LogP contribution in [0.1, 0.15) is 0 Å². The highest BCUT2D eigenvalue weighted by atomic mass is 127. The van der Waals surface area contributed by atoms with Gasteiger partial charge < -0.3 is 0 Å². The first kappa shape index (κ1) is 14.5. The van der Waals surface area contributed by atoms with Gasteiger partial charge in [-0.2, -0.15) is 0 Å². The van der Waals surface area contributed by atoms with E-state index in [0.29, 0.717) is 5.69 Å². The van der Waals surface area contributed by atoms with E-state index in [0.717, 1.165) is 15.7 Å². The molecule has 19 heavy (non-hydrogen) atoms.